The topological polar surface area (TPSA) is 81.8 Å². The van der Waals surface area contributed by atoms with Gasteiger partial charge in [-0.1, -0.05) is 23.8 Å². The van der Waals surface area contributed by atoms with Gasteiger partial charge in [-0.3, -0.25) is 0 Å². The molecule has 0 bridgehead atoms. The lowest BCUT2D eigenvalue weighted by Crippen LogP contribution is -2.44. The molecule has 2 aromatic heterocycles. The summed E-state index contributed by atoms with van der Waals surface area (Å²) >= 11 is 0. The fourth-order valence-electron chi connectivity index (χ4n) is 3.64. The average molecular weight is 448 g/mol. The molecule has 1 aromatic carbocycles. The smallest absolute Gasteiger partial charge is 0.226 e. The van der Waals surface area contributed by atoms with Crippen LogP contribution in [-0.2, 0) is 13.1 Å². The number of hydrogen-bond acceptors (Lipinski definition) is 6. The lowest BCUT2D eigenvalue weighted by atomic mass is 10.1. The Kier molecular flexibility index (Phi) is 7.57. The van der Waals surface area contributed by atoms with Crippen LogP contribution in [0, 0.1) is 6.92 Å². The number of benzene rings is 1. The van der Waals surface area contributed by atoms with E-state index in [1.807, 2.05) is 18.3 Å². The molecular formula is C25H33N7O. The third kappa shape index (κ3) is 6.32. The third-order valence-electron chi connectivity index (χ3n) is 5.69. The van der Waals surface area contributed by atoms with E-state index in [0.29, 0.717) is 19.0 Å². The van der Waals surface area contributed by atoms with Crippen molar-refractivity contribution in [2.45, 2.75) is 26.9 Å². The van der Waals surface area contributed by atoms with Gasteiger partial charge in [0.15, 0.2) is 5.96 Å². The van der Waals surface area contributed by atoms with Crippen LogP contribution in [0.15, 0.2) is 58.3 Å². The maximum absolute atomic E-state index is 5.65. The van der Waals surface area contributed by atoms with Gasteiger partial charge < -0.3 is 24.9 Å². The number of aryl methyl sites for hydroxylation is 1. The van der Waals surface area contributed by atoms with Crippen LogP contribution in [0.3, 0.4) is 0 Å². The first-order chi connectivity index (χ1) is 16.1. The zero-order chi connectivity index (χ0) is 23.0. The third-order valence-corrected chi connectivity index (χ3v) is 5.69. The lowest BCUT2D eigenvalue weighted by molar-refractivity contribution is 0.312. The zero-order valence-corrected chi connectivity index (χ0v) is 19.7. The van der Waals surface area contributed by atoms with Gasteiger partial charge in [0, 0.05) is 44.5 Å². The normalized spacial score (nSPS) is 15.0. The molecule has 0 amide bonds. The molecule has 4 rings (SSSR count). The first kappa shape index (κ1) is 22.8. The van der Waals surface area contributed by atoms with Crippen molar-refractivity contribution in [1.29, 1.82) is 0 Å². The fraction of sp³-hybridized carbons (Fsp3) is 0.400. The number of nitrogens with zero attached hydrogens (tertiary/aromatic N) is 5. The first-order valence-corrected chi connectivity index (χ1v) is 11.5. The average Bonchev–Trinajstić information content (AvgIpc) is 3.31. The Morgan fingerprint density at radius 3 is 2.55 bits per heavy atom. The van der Waals surface area contributed by atoms with Gasteiger partial charge in [-0.2, -0.15) is 0 Å². The predicted molar refractivity (Wildman–Crippen MR) is 132 cm³/mol. The summed E-state index contributed by atoms with van der Waals surface area (Å²) in [6, 6.07) is 12.4. The van der Waals surface area contributed by atoms with Crippen molar-refractivity contribution in [2.75, 3.05) is 44.7 Å². The number of likely N-dealkylation sites (N-methyl/N-ethyl adjacent to an activating group) is 1. The van der Waals surface area contributed by atoms with Crippen LogP contribution in [0.4, 0.5) is 5.82 Å². The number of aliphatic imine (C=N–C) groups is 1. The van der Waals surface area contributed by atoms with Crippen LogP contribution < -0.4 is 15.5 Å². The van der Waals surface area contributed by atoms with Gasteiger partial charge in [0.2, 0.25) is 5.89 Å². The number of rotatable bonds is 7. The van der Waals surface area contributed by atoms with Crippen molar-refractivity contribution in [3.05, 3.63) is 65.7 Å². The van der Waals surface area contributed by atoms with Crippen LogP contribution in [0.5, 0.6) is 0 Å². The molecule has 1 saturated heterocycles. The molecule has 1 aliphatic rings. The van der Waals surface area contributed by atoms with Gasteiger partial charge >= 0.3 is 0 Å². The van der Waals surface area contributed by atoms with Gasteiger partial charge in [0.1, 0.15) is 12.1 Å². The monoisotopic (exact) mass is 447 g/mol. The highest BCUT2D eigenvalue weighted by molar-refractivity contribution is 5.79. The standard InChI is InChI=1S/C25H33N7O/c1-4-26-25(29-17-22-18-33-24(30-22)21-8-5-19(2)6-9-21)28-16-20-7-10-23(27-15-20)32-13-11-31(3)12-14-32/h5-10,15,18H,4,11-14,16-17H2,1-3H3,(H2,26,28,29). The predicted octanol–water partition coefficient (Wildman–Crippen LogP) is 3.05. The molecule has 3 heterocycles. The number of hydrogen-bond donors (Lipinski definition) is 2. The highest BCUT2D eigenvalue weighted by atomic mass is 16.3. The van der Waals surface area contributed by atoms with Gasteiger partial charge in [-0.15, -0.1) is 0 Å². The van der Waals surface area contributed by atoms with Crippen molar-refractivity contribution < 1.29 is 4.42 Å². The molecular weight excluding hydrogens is 414 g/mol. The maximum atomic E-state index is 5.65. The molecule has 3 aromatic rings. The molecule has 0 unspecified atom stereocenters. The SMILES string of the molecule is CCNC(=NCc1ccc(N2CCN(C)CC2)nc1)NCc1coc(-c2ccc(C)cc2)n1. The highest BCUT2D eigenvalue weighted by Crippen LogP contribution is 2.19. The van der Waals surface area contributed by atoms with Crippen molar-refractivity contribution >= 4 is 11.8 Å². The minimum atomic E-state index is 0.530. The Morgan fingerprint density at radius 1 is 1.06 bits per heavy atom. The summed E-state index contributed by atoms with van der Waals surface area (Å²) in [6.07, 6.45) is 3.61. The second kappa shape index (κ2) is 11.0. The molecule has 0 spiro atoms. The van der Waals surface area contributed by atoms with Gasteiger partial charge in [0.25, 0.3) is 0 Å². The number of nitrogens with one attached hydrogen (secondary N) is 2. The number of oxazole rings is 1. The summed E-state index contributed by atoms with van der Waals surface area (Å²) < 4.78 is 5.65. The van der Waals surface area contributed by atoms with E-state index in [4.69, 9.17) is 9.41 Å². The molecule has 0 saturated carbocycles. The van der Waals surface area contributed by atoms with E-state index in [-0.39, 0.29) is 0 Å². The molecule has 8 nitrogen and oxygen atoms in total. The molecule has 1 aliphatic heterocycles. The largest absolute Gasteiger partial charge is 0.444 e. The van der Waals surface area contributed by atoms with Crippen molar-refractivity contribution in [1.82, 2.24) is 25.5 Å². The molecule has 33 heavy (non-hydrogen) atoms. The van der Waals surface area contributed by atoms with Crippen LogP contribution in [0.2, 0.25) is 0 Å². The van der Waals surface area contributed by atoms with E-state index in [9.17, 15) is 0 Å². The highest BCUT2D eigenvalue weighted by Gasteiger charge is 2.15. The van der Waals surface area contributed by atoms with Crippen LogP contribution in [0.25, 0.3) is 11.5 Å². The van der Waals surface area contributed by atoms with Gasteiger partial charge in [0.05, 0.1) is 18.8 Å². The number of anilines is 1. The second-order valence-electron chi connectivity index (χ2n) is 8.37. The summed E-state index contributed by atoms with van der Waals surface area (Å²) in [5.74, 6) is 2.40. The number of piperazine rings is 1. The Hall–Kier alpha value is -3.39. The fourth-order valence-corrected chi connectivity index (χ4v) is 3.64. The molecule has 1 fully saturated rings. The summed E-state index contributed by atoms with van der Waals surface area (Å²) in [4.78, 5) is 18.6. The molecule has 174 valence electrons. The number of aromatic nitrogens is 2. The molecule has 2 N–H and O–H groups in total. The number of guanidine groups is 1. The Labute approximate surface area is 195 Å². The summed E-state index contributed by atoms with van der Waals surface area (Å²) in [5.41, 5.74) is 4.09. The quantitative estimate of drug-likeness (QED) is 0.426. The molecule has 0 atom stereocenters. The van der Waals surface area contributed by atoms with E-state index >= 15 is 0 Å². The summed E-state index contributed by atoms with van der Waals surface area (Å²) in [6.45, 7) is 10.2. The van der Waals surface area contributed by atoms with Crippen molar-refractivity contribution in [3.63, 3.8) is 0 Å². The van der Waals surface area contributed by atoms with Gasteiger partial charge in [-0.25, -0.2) is 15.0 Å². The molecule has 8 heteroatoms. The Bertz CT molecular complexity index is 1040. The maximum Gasteiger partial charge on any atom is 0.226 e. The van der Waals surface area contributed by atoms with Gasteiger partial charge in [-0.05, 0) is 44.7 Å². The minimum absolute atomic E-state index is 0.530. The van der Waals surface area contributed by atoms with Crippen LogP contribution in [-0.4, -0.2) is 60.6 Å². The van der Waals surface area contributed by atoms with Crippen LogP contribution in [0.1, 0.15) is 23.7 Å². The summed E-state index contributed by atoms with van der Waals surface area (Å²) in [7, 11) is 2.16. The van der Waals surface area contributed by atoms with E-state index in [2.05, 4.69) is 75.6 Å². The zero-order valence-electron chi connectivity index (χ0n) is 19.7. The Balaban J connectivity index is 1.32. The minimum Gasteiger partial charge on any atom is -0.444 e. The Morgan fingerprint density at radius 2 is 1.85 bits per heavy atom. The van der Waals surface area contributed by atoms with E-state index in [1.165, 1.54) is 5.56 Å². The van der Waals surface area contributed by atoms with E-state index in [1.54, 1.807) is 6.26 Å². The van der Waals surface area contributed by atoms with E-state index in [0.717, 1.165) is 61.3 Å². The molecule has 0 radical (unpaired) electrons. The number of pyridine rings is 1. The lowest BCUT2D eigenvalue weighted by Gasteiger charge is -2.33. The van der Waals surface area contributed by atoms with Crippen molar-refractivity contribution in [3.8, 4) is 11.5 Å². The van der Waals surface area contributed by atoms with Crippen molar-refractivity contribution in [2.24, 2.45) is 4.99 Å². The first-order valence-electron chi connectivity index (χ1n) is 11.5. The van der Waals surface area contributed by atoms with Crippen LogP contribution >= 0.6 is 0 Å². The summed E-state index contributed by atoms with van der Waals surface area (Å²) in [5, 5.41) is 6.61. The van der Waals surface area contributed by atoms with E-state index < -0.39 is 0 Å². The molecule has 0 aliphatic carbocycles. The second-order valence-corrected chi connectivity index (χ2v) is 8.37.